The summed E-state index contributed by atoms with van der Waals surface area (Å²) < 4.78 is 12.5. The molecule has 0 saturated heterocycles. The number of halogens is 2. The predicted octanol–water partition coefficient (Wildman–Crippen LogP) is 6.20. The lowest BCUT2D eigenvalue weighted by Crippen LogP contribution is -2.26. The van der Waals surface area contributed by atoms with Crippen LogP contribution < -0.4 is 14.9 Å². The molecule has 0 fully saturated rings. The van der Waals surface area contributed by atoms with Crippen LogP contribution in [0.15, 0.2) is 80.8 Å². The smallest absolute Gasteiger partial charge is 0.277 e. The van der Waals surface area contributed by atoms with Gasteiger partial charge in [0.2, 0.25) is 0 Å². The summed E-state index contributed by atoms with van der Waals surface area (Å²) in [5.74, 6) is 0.617. The molecule has 1 amide bonds. The first-order chi connectivity index (χ1) is 15.0. The number of carbonyl (C=O) groups excluding carboxylic acids is 1. The van der Waals surface area contributed by atoms with Crippen LogP contribution in [0, 0.1) is 0 Å². The summed E-state index contributed by atoms with van der Waals surface area (Å²) in [7, 11) is 1.54. The summed E-state index contributed by atoms with van der Waals surface area (Å²) in [5.41, 5.74) is 6.61. The zero-order valence-electron chi connectivity index (χ0n) is 17.2. The van der Waals surface area contributed by atoms with E-state index < -0.39 is 0 Å². The molecule has 0 heterocycles. The van der Waals surface area contributed by atoms with Gasteiger partial charge in [-0.2, -0.15) is 5.10 Å². The molecule has 3 aromatic rings. The van der Waals surface area contributed by atoms with Crippen molar-refractivity contribution in [2.24, 2.45) is 5.10 Å². The number of methoxy groups -OCH3 is 1. The largest absolute Gasteiger partial charge is 0.493 e. The Balaban J connectivity index is 1.64. The van der Waals surface area contributed by atoms with E-state index in [1.807, 2.05) is 43.3 Å². The van der Waals surface area contributed by atoms with Gasteiger partial charge in [-0.15, -0.1) is 0 Å². The van der Waals surface area contributed by atoms with Crippen molar-refractivity contribution in [1.82, 2.24) is 5.43 Å². The molecule has 0 aliphatic rings. The summed E-state index contributed by atoms with van der Waals surface area (Å²) >= 11 is 6.82. The van der Waals surface area contributed by atoms with Gasteiger partial charge >= 0.3 is 0 Å². The van der Waals surface area contributed by atoms with Crippen LogP contribution in [-0.2, 0) is 4.79 Å². The second-order valence-electron chi connectivity index (χ2n) is 6.60. The van der Waals surface area contributed by atoms with E-state index in [2.05, 4.69) is 66.7 Å². The Morgan fingerprint density at radius 3 is 2.32 bits per heavy atom. The Hall–Kier alpha value is -2.64. The molecular weight excluding hydrogens is 524 g/mol. The maximum Gasteiger partial charge on any atom is 0.277 e. The third kappa shape index (κ3) is 6.18. The van der Waals surface area contributed by atoms with Gasteiger partial charge < -0.3 is 9.47 Å². The van der Waals surface area contributed by atoms with Crippen LogP contribution in [0.1, 0.15) is 18.9 Å². The summed E-state index contributed by atoms with van der Waals surface area (Å²) in [4.78, 5) is 12.3. The van der Waals surface area contributed by atoms with Crippen molar-refractivity contribution in [2.75, 3.05) is 13.7 Å². The molecule has 3 aromatic carbocycles. The van der Waals surface area contributed by atoms with E-state index in [9.17, 15) is 4.79 Å². The highest BCUT2D eigenvalue weighted by Gasteiger charge is 2.13. The molecule has 3 rings (SSSR count). The number of hydrazone groups is 1. The van der Waals surface area contributed by atoms with E-state index in [4.69, 9.17) is 9.47 Å². The summed E-state index contributed by atoms with van der Waals surface area (Å²) in [6.45, 7) is 1.81. The van der Waals surface area contributed by atoms with Crippen LogP contribution in [0.2, 0.25) is 0 Å². The molecule has 0 aromatic heterocycles. The fourth-order valence-corrected chi connectivity index (χ4v) is 4.26. The van der Waals surface area contributed by atoms with Crippen molar-refractivity contribution in [1.29, 1.82) is 0 Å². The third-order valence-corrected chi connectivity index (χ3v) is 5.56. The number of carbonyl (C=O) groups is 1. The Bertz CT molecular complexity index is 1070. The van der Waals surface area contributed by atoms with Crippen LogP contribution >= 0.6 is 31.9 Å². The molecule has 0 aliphatic carbocycles. The first kappa shape index (κ1) is 23.0. The van der Waals surface area contributed by atoms with Crippen LogP contribution in [-0.4, -0.2) is 25.3 Å². The molecule has 31 heavy (non-hydrogen) atoms. The Labute approximate surface area is 198 Å². The topological polar surface area (TPSA) is 59.9 Å². The first-order valence-corrected chi connectivity index (χ1v) is 11.3. The molecular formula is C24H22Br2N2O3. The van der Waals surface area contributed by atoms with Gasteiger partial charge in [0.1, 0.15) is 0 Å². The molecule has 0 spiro atoms. The van der Waals surface area contributed by atoms with Gasteiger partial charge in [-0.3, -0.25) is 4.79 Å². The summed E-state index contributed by atoms with van der Waals surface area (Å²) in [6.07, 6.45) is 0.678. The highest BCUT2D eigenvalue weighted by molar-refractivity contribution is 9.11. The molecule has 0 radical (unpaired) electrons. The lowest BCUT2D eigenvalue weighted by atomic mass is 10.0. The van der Waals surface area contributed by atoms with Gasteiger partial charge in [-0.05, 0) is 51.2 Å². The van der Waals surface area contributed by atoms with E-state index in [-0.39, 0.29) is 12.5 Å². The lowest BCUT2D eigenvalue weighted by Gasteiger charge is -2.12. The van der Waals surface area contributed by atoms with Crippen LogP contribution in [0.25, 0.3) is 11.1 Å². The second kappa shape index (κ2) is 11.1. The Morgan fingerprint density at radius 1 is 1.00 bits per heavy atom. The monoisotopic (exact) mass is 544 g/mol. The molecule has 7 heteroatoms. The molecule has 0 atom stereocenters. The fraction of sp³-hybridized carbons (Fsp3) is 0.167. The maximum absolute atomic E-state index is 12.3. The maximum atomic E-state index is 12.3. The number of nitrogens with zero attached hydrogens (tertiary/aromatic N) is 1. The third-order valence-electron chi connectivity index (χ3n) is 4.52. The van der Waals surface area contributed by atoms with Crippen molar-refractivity contribution in [3.8, 4) is 22.6 Å². The zero-order chi connectivity index (χ0) is 22.2. The minimum atomic E-state index is -0.358. The van der Waals surface area contributed by atoms with Crippen molar-refractivity contribution in [3.63, 3.8) is 0 Å². The van der Waals surface area contributed by atoms with Crippen molar-refractivity contribution < 1.29 is 14.3 Å². The molecule has 5 nitrogen and oxygen atoms in total. The lowest BCUT2D eigenvalue weighted by molar-refractivity contribution is -0.123. The highest BCUT2D eigenvalue weighted by atomic mass is 79.9. The van der Waals surface area contributed by atoms with Crippen LogP contribution in [0.3, 0.4) is 0 Å². The average molecular weight is 546 g/mol. The quantitative estimate of drug-likeness (QED) is 0.271. The zero-order valence-corrected chi connectivity index (χ0v) is 20.4. The number of ether oxygens (including phenoxy) is 2. The van der Waals surface area contributed by atoms with Gasteiger partial charge in [0.05, 0.1) is 17.3 Å². The number of amides is 1. The minimum absolute atomic E-state index is 0.190. The van der Waals surface area contributed by atoms with E-state index in [1.54, 1.807) is 13.2 Å². The number of rotatable bonds is 8. The van der Waals surface area contributed by atoms with Crippen molar-refractivity contribution in [2.45, 2.75) is 13.3 Å². The second-order valence-corrected chi connectivity index (χ2v) is 8.37. The van der Waals surface area contributed by atoms with E-state index in [1.165, 1.54) is 0 Å². The Morgan fingerprint density at radius 2 is 1.68 bits per heavy atom. The molecule has 0 aliphatic heterocycles. The van der Waals surface area contributed by atoms with Gasteiger partial charge in [-0.1, -0.05) is 77.5 Å². The van der Waals surface area contributed by atoms with E-state index in [0.29, 0.717) is 22.4 Å². The van der Waals surface area contributed by atoms with Crippen LogP contribution in [0.5, 0.6) is 11.5 Å². The standard InChI is InChI=1S/C24H22Br2N2O3/c1-3-21(18-11-9-17(10-12-18)16-7-5-4-6-8-16)27-28-23(29)15-31-24-20(26)13-19(25)14-22(24)30-2/h4-14H,3,15H2,1-2H3,(H,28,29)/b27-21-. The number of hydrogen-bond donors (Lipinski definition) is 1. The van der Waals surface area contributed by atoms with E-state index in [0.717, 1.165) is 26.9 Å². The highest BCUT2D eigenvalue weighted by Crippen LogP contribution is 2.38. The SMILES string of the molecule is CC/C(=N/NC(=O)COc1c(Br)cc(Br)cc1OC)c1ccc(-c2ccccc2)cc1. The Kier molecular flexibility index (Phi) is 8.26. The fourth-order valence-electron chi connectivity index (χ4n) is 2.96. The van der Waals surface area contributed by atoms with Crippen molar-refractivity contribution in [3.05, 3.63) is 81.2 Å². The normalized spacial score (nSPS) is 11.2. The summed E-state index contributed by atoms with van der Waals surface area (Å²) in [5, 5.41) is 4.29. The molecule has 0 bridgehead atoms. The molecule has 0 saturated carbocycles. The molecule has 0 unspecified atom stereocenters. The van der Waals surface area contributed by atoms with E-state index >= 15 is 0 Å². The van der Waals surface area contributed by atoms with Crippen molar-refractivity contribution >= 4 is 43.5 Å². The summed E-state index contributed by atoms with van der Waals surface area (Å²) in [6, 6.07) is 21.9. The first-order valence-electron chi connectivity index (χ1n) is 9.69. The van der Waals surface area contributed by atoms with Crippen LogP contribution in [0.4, 0.5) is 0 Å². The molecule has 160 valence electrons. The predicted molar refractivity (Wildman–Crippen MR) is 131 cm³/mol. The number of hydrogen-bond acceptors (Lipinski definition) is 4. The van der Waals surface area contributed by atoms with Gasteiger partial charge in [0, 0.05) is 4.47 Å². The average Bonchev–Trinajstić information content (AvgIpc) is 2.79. The number of nitrogens with one attached hydrogen (secondary N) is 1. The van der Waals surface area contributed by atoms with Gasteiger partial charge in [-0.25, -0.2) is 5.43 Å². The minimum Gasteiger partial charge on any atom is -0.493 e. The molecule has 1 N–H and O–H groups in total. The van der Waals surface area contributed by atoms with Gasteiger partial charge in [0.15, 0.2) is 18.1 Å². The van der Waals surface area contributed by atoms with Gasteiger partial charge in [0.25, 0.3) is 5.91 Å². The number of benzene rings is 3.